The summed E-state index contributed by atoms with van der Waals surface area (Å²) in [6.45, 7) is 7.10. The summed E-state index contributed by atoms with van der Waals surface area (Å²) in [6, 6.07) is 8.47. The number of aliphatic imine (C=N–C) groups is 1. The van der Waals surface area contributed by atoms with Crippen LogP contribution < -0.4 is 10.6 Å². The van der Waals surface area contributed by atoms with E-state index in [1.54, 1.807) is 7.11 Å². The first kappa shape index (κ1) is 23.6. The third kappa shape index (κ3) is 8.72. The number of hydrogen-bond donors (Lipinski definition) is 2. The lowest BCUT2D eigenvalue weighted by Crippen LogP contribution is -2.43. The smallest absolute Gasteiger partial charge is 0.191 e. The van der Waals surface area contributed by atoms with Crippen LogP contribution in [-0.2, 0) is 27.4 Å². The Morgan fingerprint density at radius 1 is 1.07 bits per heavy atom. The Balaban J connectivity index is 1.77. The van der Waals surface area contributed by atoms with Crippen molar-refractivity contribution >= 4 is 5.96 Å². The predicted octanol–water partition coefficient (Wildman–Crippen LogP) is 3.50. The van der Waals surface area contributed by atoms with E-state index in [9.17, 15) is 0 Å². The molecule has 0 heterocycles. The molecular weight excluding hydrogens is 366 g/mol. The Hall–Kier alpha value is -1.63. The SMILES string of the molecule is CCOCCOCc1cccc(CNC(=NC)NCC2(CCOC)CCCC2)c1. The normalized spacial score (nSPS) is 16.2. The van der Waals surface area contributed by atoms with Gasteiger partial charge >= 0.3 is 0 Å². The summed E-state index contributed by atoms with van der Waals surface area (Å²) in [5, 5.41) is 6.99. The van der Waals surface area contributed by atoms with Crippen LogP contribution in [-0.4, -0.2) is 53.1 Å². The van der Waals surface area contributed by atoms with Crippen LogP contribution in [0.4, 0.5) is 0 Å². The van der Waals surface area contributed by atoms with Crippen LogP contribution >= 0.6 is 0 Å². The van der Waals surface area contributed by atoms with Crippen LogP contribution in [0.3, 0.4) is 0 Å². The van der Waals surface area contributed by atoms with Gasteiger partial charge in [0.2, 0.25) is 0 Å². The first-order valence-corrected chi connectivity index (χ1v) is 10.9. The topological polar surface area (TPSA) is 64.1 Å². The summed E-state index contributed by atoms with van der Waals surface area (Å²) in [6.07, 6.45) is 6.28. The maximum absolute atomic E-state index is 5.67. The van der Waals surface area contributed by atoms with E-state index in [1.807, 2.05) is 14.0 Å². The largest absolute Gasteiger partial charge is 0.385 e. The molecule has 1 fully saturated rings. The fraction of sp³-hybridized carbons (Fsp3) is 0.696. The first-order valence-electron chi connectivity index (χ1n) is 10.9. The molecule has 0 bridgehead atoms. The number of ether oxygens (including phenoxy) is 3. The zero-order valence-electron chi connectivity index (χ0n) is 18.5. The second-order valence-corrected chi connectivity index (χ2v) is 7.80. The van der Waals surface area contributed by atoms with E-state index in [0.29, 0.717) is 25.2 Å². The van der Waals surface area contributed by atoms with Crippen molar-refractivity contribution in [2.45, 2.75) is 52.2 Å². The van der Waals surface area contributed by atoms with E-state index >= 15 is 0 Å². The highest BCUT2D eigenvalue weighted by atomic mass is 16.5. The number of hydrogen-bond acceptors (Lipinski definition) is 4. The predicted molar refractivity (Wildman–Crippen MR) is 118 cm³/mol. The van der Waals surface area contributed by atoms with Crippen molar-refractivity contribution < 1.29 is 14.2 Å². The standard InChI is InChI=1S/C23H39N3O3/c1-4-28-14-15-29-18-21-9-7-8-20(16-21)17-25-22(24-2)26-19-23(12-13-27-3)10-5-6-11-23/h7-9,16H,4-6,10-15,17-19H2,1-3H3,(H2,24,25,26). The molecule has 1 saturated carbocycles. The highest BCUT2D eigenvalue weighted by molar-refractivity contribution is 5.79. The third-order valence-corrected chi connectivity index (χ3v) is 5.65. The summed E-state index contributed by atoms with van der Waals surface area (Å²) in [5.41, 5.74) is 2.73. The Bertz CT molecular complexity index is 601. The van der Waals surface area contributed by atoms with Gasteiger partial charge in [0.15, 0.2) is 5.96 Å². The lowest BCUT2D eigenvalue weighted by Gasteiger charge is -2.30. The summed E-state index contributed by atoms with van der Waals surface area (Å²) in [5.74, 6) is 0.854. The molecule has 0 aromatic heterocycles. The Labute approximate surface area is 176 Å². The Kier molecular flexibility index (Phi) is 11.1. The number of nitrogens with zero attached hydrogens (tertiary/aromatic N) is 1. The Morgan fingerprint density at radius 3 is 2.55 bits per heavy atom. The number of guanidine groups is 1. The molecule has 1 aromatic rings. The molecule has 6 heteroatoms. The number of benzene rings is 1. The number of rotatable bonds is 13. The lowest BCUT2D eigenvalue weighted by atomic mass is 9.83. The van der Waals surface area contributed by atoms with Gasteiger partial charge in [0.25, 0.3) is 0 Å². The summed E-state index contributed by atoms with van der Waals surface area (Å²) in [7, 11) is 3.61. The minimum Gasteiger partial charge on any atom is -0.385 e. The van der Waals surface area contributed by atoms with Crippen molar-refractivity contribution in [3.05, 3.63) is 35.4 Å². The van der Waals surface area contributed by atoms with Gasteiger partial charge in [-0.1, -0.05) is 37.1 Å². The zero-order valence-corrected chi connectivity index (χ0v) is 18.5. The molecular formula is C23H39N3O3. The maximum Gasteiger partial charge on any atom is 0.191 e. The van der Waals surface area contributed by atoms with Crippen molar-refractivity contribution in [2.24, 2.45) is 10.4 Å². The first-order chi connectivity index (χ1) is 14.2. The monoisotopic (exact) mass is 405 g/mol. The molecule has 0 unspecified atom stereocenters. The summed E-state index contributed by atoms with van der Waals surface area (Å²) < 4.78 is 16.3. The molecule has 0 aliphatic heterocycles. The third-order valence-electron chi connectivity index (χ3n) is 5.65. The van der Waals surface area contributed by atoms with Crippen molar-refractivity contribution in [3.63, 3.8) is 0 Å². The fourth-order valence-corrected chi connectivity index (χ4v) is 3.92. The van der Waals surface area contributed by atoms with E-state index in [-0.39, 0.29) is 0 Å². The zero-order chi connectivity index (χ0) is 20.8. The molecule has 164 valence electrons. The molecule has 0 radical (unpaired) electrons. The maximum atomic E-state index is 5.67. The molecule has 1 aromatic carbocycles. The fourth-order valence-electron chi connectivity index (χ4n) is 3.92. The molecule has 1 aliphatic carbocycles. The minimum atomic E-state index is 0.340. The lowest BCUT2D eigenvalue weighted by molar-refractivity contribution is 0.0453. The number of methoxy groups -OCH3 is 1. The van der Waals surface area contributed by atoms with Crippen LogP contribution in [0.5, 0.6) is 0 Å². The quantitative estimate of drug-likeness (QED) is 0.299. The van der Waals surface area contributed by atoms with Crippen LogP contribution in [0, 0.1) is 5.41 Å². The van der Waals surface area contributed by atoms with Gasteiger partial charge in [0.1, 0.15) is 0 Å². The van der Waals surface area contributed by atoms with E-state index in [4.69, 9.17) is 14.2 Å². The van der Waals surface area contributed by atoms with Crippen molar-refractivity contribution in [1.29, 1.82) is 0 Å². The summed E-state index contributed by atoms with van der Waals surface area (Å²) in [4.78, 5) is 4.40. The van der Waals surface area contributed by atoms with Gasteiger partial charge in [-0.2, -0.15) is 0 Å². The average molecular weight is 406 g/mol. The van der Waals surface area contributed by atoms with Crippen LogP contribution in [0.1, 0.15) is 50.2 Å². The minimum absolute atomic E-state index is 0.340. The van der Waals surface area contributed by atoms with E-state index in [1.165, 1.54) is 36.8 Å². The van der Waals surface area contributed by atoms with Gasteiger partial charge in [-0.25, -0.2) is 0 Å². The van der Waals surface area contributed by atoms with Crippen molar-refractivity contribution in [3.8, 4) is 0 Å². The molecule has 0 spiro atoms. The van der Waals surface area contributed by atoms with E-state index in [0.717, 1.165) is 38.7 Å². The van der Waals surface area contributed by atoms with Gasteiger partial charge in [-0.05, 0) is 42.7 Å². The average Bonchev–Trinajstić information content (AvgIpc) is 3.22. The van der Waals surface area contributed by atoms with Crippen molar-refractivity contribution in [2.75, 3.05) is 47.1 Å². The summed E-state index contributed by atoms with van der Waals surface area (Å²) >= 11 is 0. The van der Waals surface area contributed by atoms with Gasteiger partial charge in [-0.3, -0.25) is 4.99 Å². The number of nitrogens with one attached hydrogen (secondary N) is 2. The van der Waals surface area contributed by atoms with Gasteiger partial charge in [0, 0.05) is 40.5 Å². The Morgan fingerprint density at radius 2 is 1.83 bits per heavy atom. The second kappa shape index (κ2) is 13.6. The van der Waals surface area contributed by atoms with Gasteiger partial charge in [-0.15, -0.1) is 0 Å². The van der Waals surface area contributed by atoms with E-state index in [2.05, 4.69) is 39.9 Å². The molecule has 1 aliphatic rings. The van der Waals surface area contributed by atoms with Crippen LogP contribution in [0.25, 0.3) is 0 Å². The van der Waals surface area contributed by atoms with Gasteiger partial charge in [0.05, 0.1) is 19.8 Å². The van der Waals surface area contributed by atoms with Gasteiger partial charge < -0.3 is 24.8 Å². The van der Waals surface area contributed by atoms with E-state index < -0.39 is 0 Å². The molecule has 6 nitrogen and oxygen atoms in total. The molecule has 2 rings (SSSR count). The van der Waals surface area contributed by atoms with Crippen molar-refractivity contribution in [1.82, 2.24) is 10.6 Å². The molecule has 0 saturated heterocycles. The highest BCUT2D eigenvalue weighted by Gasteiger charge is 2.33. The second-order valence-electron chi connectivity index (χ2n) is 7.80. The molecule has 0 amide bonds. The molecule has 29 heavy (non-hydrogen) atoms. The molecule has 2 N–H and O–H groups in total. The molecule has 0 atom stereocenters. The van der Waals surface area contributed by atoms with Crippen LogP contribution in [0.15, 0.2) is 29.3 Å². The highest BCUT2D eigenvalue weighted by Crippen LogP contribution is 2.40. The van der Waals surface area contributed by atoms with Crippen LogP contribution in [0.2, 0.25) is 0 Å².